The van der Waals surface area contributed by atoms with Crippen LogP contribution in [0.5, 0.6) is 5.75 Å². The second-order valence-electron chi connectivity index (χ2n) is 6.71. The number of methoxy groups -OCH3 is 1. The van der Waals surface area contributed by atoms with Crippen molar-refractivity contribution in [1.82, 2.24) is 15.1 Å². The van der Waals surface area contributed by atoms with Crippen molar-refractivity contribution >= 4 is 23.6 Å². The number of amides is 1. The van der Waals surface area contributed by atoms with Gasteiger partial charge in [-0.15, -0.1) is 0 Å². The molecule has 0 spiro atoms. The standard InChI is InChI=1S/C24H23ClN4O3/c1-3-32-22-10-9-17(14-21(22)25)23-19(13-18(15-26)24(30)27-11-12-31-2)16-29(28-23)20-7-5-4-6-8-20/h4-10,13-14,16H,3,11-12H2,1-2H3,(H,27,30). The molecule has 0 aliphatic heterocycles. The van der Waals surface area contributed by atoms with Gasteiger partial charge < -0.3 is 14.8 Å². The third-order valence-corrected chi connectivity index (χ3v) is 4.82. The lowest BCUT2D eigenvalue weighted by Crippen LogP contribution is -2.27. The Labute approximate surface area is 191 Å². The molecule has 0 atom stereocenters. The van der Waals surface area contributed by atoms with Crippen LogP contribution in [0.15, 0.2) is 60.3 Å². The lowest BCUT2D eigenvalue weighted by molar-refractivity contribution is -0.117. The molecule has 0 bridgehead atoms. The van der Waals surface area contributed by atoms with Crippen molar-refractivity contribution in [2.45, 2.75) is 6.92 Å². The smallest absolute Gasteiger partial charge is 0.262 e. The summed E-state index contributed by atoms with van der Waals surface area (Å²) in [6, 6.07) is 16.9. The molecule has 1 heterocycles. The molecular weight excluding hydrogens is 428 g/mol. The van der Waals surface area contributed by atoms with Gasteiger partial charge in [-0.2, -0.15) is 10.4 Å². The van der Waals surface area contributed by atoms with E-state index in [1.807, 2.05) is 49.4 Å². The van der Waals surface area contributed by atoms with E-state index in [1.165, 1.54) is 6.08 Å². The van der Waals surface area contributed by atoms with E-state index in [1.54, 1.807) is 30.1 Å². The third kappa shape index (κ3) is 5.55. The fraction of sp³-hybridized carbons (Fsp3) is 0.208. The van der Waals surface area contributed by atoms with E-state index in [2.05, 4.69) is 5.32 Å². The quantitative estimate of drug-likeness (QED) is 0.299. The topological polar surface area (TPSA) is 89.2 Å². The highest BCUT2D eigenvalue weighted by Gasteiger charge is 2.16. The second-order valence-corrected chi connectivity index (χ2v) is 7.12. The van der Waals surface area contributed by atoms with Crippen LogP contribution in [0.4, 0.5) is 0 Å². The number of nitriles is 1. The van der Waals surface area contributed by atoms with Crippen LogP contribution in [0.1, 0.15) is 12.5 Å². The summed E-state index contributed by atoms with van der Waals surface area (Å²) >= 11 is 6.39. The third-order valence-electron chi connectivity index (χ3n) is 4.53. The molecule has 2 aromatic carbocycles. The van der Waals surface area contributed by atoms with Crippen LogP contribution < -0.4 is 10.1 Å². The monoisotopic (exact) mass is 450 g/mol. The number of hydrogen-bond donors (Lipinski definition) is 1. The predicted octanol–water partition coefficient (Wildman–Crippen LogP) is 4.26. The molecule has 1 aromatic heterocycles. The number of benzene rings is 2. The van der Waals surface area contributed by atoms with Crippen LogP contribution in [-0.4, -0.2) is 42.6 Å². The second kappa shape index (κ2) is 11.1. The minimum Gasteiger partial charge on any atom is -0.492 e. The molecule has 7 nitrogen and oxygen atoms in total. The maximum absolute atomic E-state index is 12.4. The SMILES string of the molecule is CCOc1ccc(-c2nn(-c3ccccc3)cc2C=C(C#N)C(=O)NCCOC)cc1Cl. The molecule has 1 N–H and O–H groups in total. The van der Waals surface area contributed by atoms with Crippen molar-refractivity contribution in [3.8, 4) is 28.8 Å². The minimum absolute atomic E-state index is 0.0352. The van der Waals surface area contributed by atoms with Crippen LogP contribution in [-0.2, 0) is 9.53 Å². The highest BCUT2D eigenvalue weighted by molar-refractivity contribution is 6.32. The number of ether oxygens (including phenoxy) is 2. The number of nitrogens with zero attached hydrogens (tertiary/aromatic N) is 3. The molecule has 0 aliphatic rings. The van der Waals surface area contributed by atoms with Crippen molar-refractivity contribution in [2.75, 3.05) is 26.9 Å². The van der Waals surface area contributed by atoms with Gasteiger partial charge >= 0.3 is 0 Å². The summed E-state index contributed by atoms with van der Waals surface area (Å²) in [7, 11) is 1.54. The molecule has 0 unspecified atom stereocenters. The fourth-order valence-corrected chi connectivity index (χ4v) is 3.25. The lowest BCUT2D eigenvalue weighted by atomic mass is 10.1. The Kier molecular flexibility index (Phi) is 8.03. The summed E-state index contributed by atoms with van der Waals surface area (Å²) in [6.07, 6.45) is 3.29. The van der Waals surface area contributed by atoms with Crippen molar-refractivity contribution in [3.05, 3.63) is 70.9 Å². The lowest BCUT2D eigenvalue weighted by Gasteiger charge is -2.07. The maximum Gasteiger partial charge on any atom is 0.262 e. The van der Waals surface area contributed by atoms with Gasteiger partial charge in [-0.1, -0.05) is 29.8 Å². The first-order chi connectivity index (χ1) is 15.6. The molecule has 0 saturated heterocycles. The van der Waals surface area contributed by atoms with Gasteiger partial charge in [0.2, 0.25) is 0 Å². The number of nitrogens with one attached hydrogen (secondary N) is 1. The molecule has 0 fully saturated rings. The van der Waals surface area contributed by atoms with Gasteiger partial charge in [-0.05, 0) is 43.3 Å². The average molecular weight is 451 g/mol. The number of halogens is 1. The van der Waals surface area contributed by atoms with E-state index in [4.69, 9.17) is 26.2 Å². The van der Waals surface area contributed by atoms with E-state index >= 15 is 0 Å². The van der Waals surface area contributed by atoms with E-state index < -0.39 is 5.91 Å². The Bertz CT molecular complexity index is 1150. The number of para-hydroxylation sites is 1. The Morgan fingerprint density at radius 2 is 2.06 bits per heavy atom. The van der Waals surface area contributed by atoms with E-state index in [0.29, 0.717) is 41.8 Å². The fourth-order valence-electron chi connectivity index (χ4n) is 3.02. The van der Waals surface area contributed by atoms with E-state index in [-0.39, 0.29) is 5.57 Å². The molecule has 164 valence electrons. The summed E-state index contributed by atoms with van der Waals surface area (Å²) in [4.78, 5) is 12.4. The Morgan fingerprint density at radius 3 is 2.72 bits per heavy atom. The number of rotatable bonds is 9. The largest absolute Gasteiger partial charge is 0.492 e. The average Bonchev–Trinajstić information content (AvgIpc) is 3.23. The van der Waals surface area contributed by atoms with Gasteiger partial charge in [0.05, 0.1) is 23.9 Å². The number of aromatic nitrogens is 2. The first-order valence-electron chi connectivity index (χ1n) is 10.0. The van der Waals surface area contributed by atoms with E-state index in [0.717, 1.165) is 11.3 Å². The molecule has 0 saturated carbocycles. The summed E-state index contributed by atoms with van der Waals surface area (Å²) in [5.74, 6) is 0.0976. The summed E-state index contributed by atoms with van der Waals surface area (Å²) < 4.78 is 12.2. The molecule has 1 amide bonds. The Morgan fingerprint density at radius 1 is 1.28 bits per heavy atom. The molecule has 3 rings (SSSR count). The predicted molar refractivity (Wildman–Crippen MR) is 124 cm³/mol. The normalized spacial score (nSPS) is 11.1. The summed E-state index contributed by atoms with van der Waals surface area (Å²) in [6.45, 7) is 3.04. The molecule has 3 aromatic rings. The van der Waals surface area contributed by atoms with Crippen LogP contribution in [0.2, 0.25) is 5.02 Å². The first-order valence-corrected chi connectivity index (χ1v) is 10.4. The Balaban J connectivity index is 2.06. The van der Waals surface area contributed by atoms with Crippen molar-refractivity contribution in [2.24, 2.45) is 0 Å². The zero-order valence-electron chi connectivity index (χ0n) is 17.8. The van der Waals surface area contributed by atoms with Gasteiger partial charge in [0.25, 0.3) is 5.91 Å². The highest BCUT2D eigenvalue weighted by atomic mass is 35.5. The van der Waals surface area contributed by atoms with Gasteiger partial charge in [0, 0.05) is 31.0 Å². The van der Waals surface area contributed by atoms with Crippen molar-refractivity contribution < 1.29 is 14.3 Å². The minimum atomic E-state index is -0.479. The van der Waals surface area contributed by atoms with Gasteiger partial charge in [0.15, 0.2) is 0 Å². The number of carbonyl (C=O) groups is 1. The molecule has 0 aliphatic carbocycles. The molecule has 0 radical (unpaired) electrons. The Hall–Kier alpha value is -3.60. The number of carbonyl (C=O) groups excluding carboxylic acids is 1. The highest BCUT2D eigenvalue weighted by Crippen LogP contribution is 2.32. The maximum atomic E-state index is 12.4. The van der Waals surface area contributed by atoms with Gasteiger partial charge in [-0.3, -0.25) is 4.79 Å². The summed E-state index contributed by atoms with van der Waals surface area (Å²) in [5, 5.41) is 17.4. The zero-order valence-corrected chi connectivity index (χ0v) is 18.6. The van der Waals surface area contributed by atoms with Crippen LogP contribution in [0, 0.1) is 11.3 Å². The van der Waals surface area contributed by atoms with E-state index in [9.17, 15) is 10.1 Å². The number of hydrogen-bond acceptors (Lipinski definition) is 5. The van der Waals surface area contributed by atoms with Gasteiger partial charge in [-0.25, -0.2) is 4.68 Å². The summed E-state index contributed by atoms with van der Waals surface area (Å²) in [5.41, 5.74) is 2.72. The first kappa shape index (κ1) is 23.1. The van der Waals surface area contributed by atoms with Crippen LogP contribution >= 0.6 is 11.6 Å². The zero-order chi connectivity index (χ0) is 22.9. The van der Waals surface area contributed by atoms with Crippen molar-refractivity contribution in [3.63, 3.8) is 0 Å². The molecule has 8 heteroatoms. The van der Waals surface area contributed by atoms with Crippen molar-refractivity contribution in [1.29, 1.82) is 5.26 Å². The molecule has 32 heavy (non-hydrogen) atoms. The van der Waals surface area contributed by atoms with Gasteiger partial charge in [0.1, 0.15) is 23.1 Å². The van der Waals surface area contributed by atoms with Crippen LogP contribution in [0.3, 0.4) is 0 Å². The van der Waals surface area contributed by atoms with Crippen LogP contribution in [0.25, 0.3) is 23.0 Å². The molecular formula is C24H23ClN4O3.